The number of rotatable bonds is 7. The standard InChI is InChI=1S/C23H25N3O3/c24-16-20-7-5-4-6-19(20)10-11-23(28)26-14-12-25(13-15-26)17-21(27)18-29-22-8-2-1-3-9-22/h1-11,21,27H,12-15,17-18H2/b11-10+/t21-/m1/s1. The number of hydrogen-bond donors (Lipinski definition) is 1. The number of carbonyl (C=O) groups excluding carboxylic acids is 1. The third-order valence-electron chi connectivity index (χ3n) is 4.83. The molecule has 1 aliphatic rings. The molecule has 1 amide bonds. The van der Waals surface area contributed by atoms with Crippen LogP contribution in [0.15, 0.2) is 60.7 Å². The molecule has 0 aliphatic carbocycles. The fraction of sp³-hybridized carbons (Fsp3) is 0.304. The Labute approximate surface area is 171 Å². The number of nitriles is 1. The average Bonchev–Trinajstić information content (AvgIpc) is 2.77. The van der Waals surface area contributed by atoms with E-state index in [2.05, 4.69) is 11.0 Å². The fourth-order valence-electron chi connectivity index (χ4n) is 3.22. The van der Waals surface area contributed by atoms with Crippen LogP contribution in [0.1, 0.15) is 11.1 Å². The molecule has 0 unspecified atom stereocenters. The van der Waals surface area contributed by atoms with E-state index in [9.17, 15) is 9.90 Å². The monoisotopic (exact) mass is 391 g/mol. The summed E-state index contributed by atoms with van der Waals surface area (Å²) in [4.78, 5) is 16.4. The molecular weight excluding hydrogens is 366 g/mol. The number of carbonyl (C=O) groups is 1. The van der Waals surface area contributed by atoms with Crippen molar-refractivity contribution in [1.82, 2.24) is 9.80 Å². The Balaban J connectivity index is 1.42. The zero-order valence-corrected chi connectivity index (χ0v) is 16.3. The highest BCUT2D eigenvalue weighted by Gasteiger charge is 2.21. The number of amides is 1. The second kappa shape index (κ2) is 10.4. The van der Waals surface area contributed by atoms with E-state index in [0.717, 1.165) is 11.3 Å². The molecule has 0 bridgehead atoms. The van der Waals surface area contributed by atoms with Gasteiger partial charge < -0.3 is 14.7 Å². The maximum absolute atomic E-state index is 12.4. The zero-order valence-electron chi connectivity index (χ0n) is 16.3. The van der Waals surface area contributed by atoms with E-state index in [-0.39, 0.29) is 12.5 Å². The molecule has 0 saturated carbocycles. The Kier molecular flexibility index (Phi) is 7.40. The van der Waals surface area contributed by atoms with Crippen LogP contribution in [0.2, 0.25) is 0 Å². The minimum Gasteiger partial charge on any atom is -0.491 e. The van der Waals surface area contributed by atoms with Crippen LogP contribution in [0.25, 0.3) is 6.08 Å². The predicted octanol–water partition coefficient (Wildman–Crippen LogP) is 2.16. The lowest BCUT2D eigenvalue weighted by Crippen LogP contribution is -2.50. The SMILES string of the molecule is N#Cc1ccccc1/C=C/C(=O)N1CCN(C[C@@H](O)COc2ccccc2)CC1. The summed E-state index contributed by atoms with van der Waals surface area (Å²) >= 11 is 0. The Morgan fingerprint density at radius 3 is 2.52 bits per heavy atom. The lowest BCUT2D eigenvalue weighted by molar-refractivity contribution is -0.127. The van der Waals surface area contributed by atoms with E-state index >= 15 is 0 Å². The van der Waals surface area contributed by atoms with E-state index in [1.54, 1.807) is 23.1 Å². The normalized spacial score (nSPS) is 15.8. The molecule has 1 atom stereocenters. The second-order valence-corrected chi connectivity index (χ2v) is 6.94. The molecule has 0 spiro atoms. The topological polar surface area (TPSA) is 76.8 Å². The number of para-hydroxylation sites is 1. The van der Waals surface area contributed by atoms with Crippen LogP contribution in [-0.2, 0) is 4.79 Å². The fourth-order valence-corrected chi connectivity index (χ4v) is 3.22. The van der Waals surface area contributed by atoms with Crippen LogP contribution in [0.3, 0.4) is 0 Å². The van der Waals surface area contributed by atoms with Gasteiger partial charge >= 0.3 is 0 Å². The molecule has 2 aromatic rings. The van der Waals surface area contributed by atoms with Crippen LogP contribution in [0, 0.1) is 11.3 Å². The number of β-amino-alcohol motifs (C(OH)–C–C–N with tert-alkyl or cyclic N) is 1. The third kappa shape index (κ3) is 6.18. The molecule has 1 heterocycles. The molecule has 0 aromatic heterocycles. The van der Waals surface area contributed by atoms with E-state index in [0.29, 0.717) is 38.3 Å². The first-order valence-electron chi connectivity index (χ1n) is 9.70. The summed E-state index contributed by atoms with van der Waals surface area (Å²) in [5.74, 6) is 0.678. The molecule has 6 heteroatoms. The van der Waals surface area contributed by atoms with Crippen molar-refractivity contribution in [3.8, 4) is 11.8 Å². The molecule has 2 aromatic carbocycles. The summed E-state index contributed by atoms with van der Waals surface area (Å²) in [6.07, 6.45) is 2.63. The van der Waals surface area contributed by atoms with Crippen LogP contribution < -0.4 is 4.74 Å². The average molecular weight is 391 g/mol. The molecule has 3 rings (SSSR count). The lowest BCUT2D eigenvalue weighted by Gasteiger charge is -2.35. The quantitative estimate of drug-likeness (QED) is 0.732. The largest absolute Gasteiger partial charge is 0.491 e. The number of aliphatic hydroxyl groups is 1. The van der Waals surface area contributed by atoms with Gasteiger partial charge in [0.15, 0.2) is 0 Å². The zero-order chi connectivity index (χ0) is 20.5. The molecule has 6 nitrogen and oxygen atoms in total. The van der Waals surface area contributed by atoms with Gasteiger partial charge in [-0.05, 0) is 29.8 Å². The number of aliphatic hydroxyl groups excluding tert-OH is 1. The van der Waals surface area contributed by atoms with E-state index in [1.807, 2.05) is 42.5 Å². The predicted molar refractivity (Wildman–Crippen MR) is 111 cm³/mol. The van der Waals surface area contributed by atoms with Gasteiger partial charge in [0.25, 0.3) is 0 Å². The van der Waals surface area contributed by atoms with Crippen LogP contribution in [0.4, 0.5) is 0 Å². The Bertz CT molecular complexity index is 868. The Hall–Kier alpha value is -3.14. The summed E-state index contributed by atoms with van der Waals surface area (Å²) in [7, 11) is 0. The van der Waals surface area contributed by atoms with Crippen molar-refractivity contribution in [3.63, 3.8) is 0 Å². The van der Waals surface area contributed by atoms with Gasteiger partial charge in [0, 0.05) is 38.8 Å². The van der Waals surface area contributed by atoms with Crippen molar-refractivity contribution >= 4 is 12.0 Å². The van der Waals surface area contributed by atoms with Gasteiger partial charge in [0.1, 0.15) is 18.5 Å². The highest BCUT2D eigenvalue weighted by atomic mass is 16.5. The summed E-state index contributed by atoms with van der Waals surface area (Å²) in [5.41, 5.74) is 1.29. The molecular formula is C23H25N3O3. The Morgan fingerprint density at radius 2 is 1.79 bits per heavy atom. The number of benzene rings is 2. The van der Waals surface area contributed by atoms with E-state index < -0.39 is 6.10 Å². The van der Waals surface area contributed by atoms with Gasteiger partial charge in [-0.1, -0.05) is 36.4 Å². The maximum Gasteiger partial charge on any atom is 0.246 e. The third-order valence-corrected chi connectivity index (χ3v) is 4.83. The summed E-state index contributed by atoms with van der Waals surface area (Å²) in [6.45, 7) is 3.38. The first kappa shape index (κ1) is 20.6. The van der Waals surface area contributed by atoms with Gasteiger partial charge in [-0.25, -0.2) is 0 Å². The van der Waals surface area contributed by atoms with E-state index in [1.165, 1.54) is 6.08 Å². The Morgan fingerprint density at radius 1 is 1.10 bits per heavy atom. The molecule has 0 radical (unpaired) electrons. The van der Waals surface area contributed by atoms with Gasteiger partial charge in [0.05, 0.1) is 11.6 Å². The van der Waals surface area contributed by atoms with Crippen molar-refractivity contribution < 1.29 is 14.6 Å². The highest BCUT2D eigenvalue weighted by molar-refractivity contribution is 5.92. The van der Waals surface area contributed by atoms with Crippen LogP contribution >= 0.6 is 0 Å². The first-order chi connectivity index (χ1) is 14.2. The maximum atomic E-state index is 12.4. The van der Waals surface area contributed by atoms with Gasteiger partial charge in [-0.2, -0.15) is 5.26 Å². The molecule has 150 valence electrons. The van der Waals surface area contributed by atoms with E-state index in [4.69, 9.17) is 10.00 Å². The minimum absolute atomic E-state index is 0.0645. The lowest BCUT2D eigenvalue weighted by atomic mass is 10.1. The molecule has 1 N–H and O–H groups in total. The van der Waals surface area contributed by atoms with Crippen molar-refractivity contribution in [1.29, 1.82) is 5.26 Å². The summed E-state index contributed by atoms with van der Waals surface area (Å²) in [6, 6.07) is 18.8. The van der Waals surface area contributed by atoms with Gasteiger partial charge in [-0.3, -0.25) is 9.69 Å². The van der Waals surface area contributed by atoms with Crippen LogP contribution in [0.5, 0.6) is 5.75 Å². The second-order valence-electron chi connectivity index (χ2n) is 6.94. The number of ether oxygens (including phenoxy) is 1. The van der Waals surface area contributed by atoms with Gasteiger partial charge in [0.2, 0.25) is 5.91 Å². The van der Waals surface area contributed by atoms with Crippen LogP contribution in [-0.4, -0.2) is 66.2 Å². The molecule has 1 aliphatic heterocycles. The summed E-state index contributed by atoms with van der Waals surface area (Å²) < 4.78 is 5.59. The first-order valence-corrected chi connectivity index (χ1v) is 9.70. The molecule has 1 saturated heterocycles. The smallest absolute Gasteiger partial charge is 0.246 e. The molecule has 1 fully saturated rings. The summed E-state index contributed by atoms with van der Waals surface area (Å²) in [5, 5.41) is 19.3. The molecule has 29 heavy (non-hydrogen) atoms. The van der Waals surface area contributed by atoms with Crippen molar-refractivity contribution in [2.45, 2.75) is 6.10 Å². The number of hydrogen-bond acceptors (Lipinski definition) is 5. The highest BCUT2D eigenvalue weighted by Crippen LogP contribution is 2.11. The minimum atomic E-state index is -0.583. The van der Waals surface area contributed by atoms with Gasteiger partial charge in [-0.15, -0.1) is 0 Å². The van der Waals surface area contributed by atoms with Crippen molar-refractivity contribution in [2.75, 3.05) is 39.3 Å². The number of piperazine rings is 1. The number of nitrogens with zero attached hydrogens (tertiary/aromatic N) is 3. The van der Waals surface area contributed by atoms with Crippen molar-refractivity contribution in [3.05, 3.63) is 71.8 Å². The van der Waals surface area contributed by atoms with Crippen molar-refractivity contribution in [2.24, 2.45) is 0 Å².